The molecule has 21 heavy (non-hydrogen) atoms. The number of hydrogen-bond acceptors (Lipinski definition) is 3. The number of nitrogens with one attached hydrogen (secondary N) is 1. The van der Waals surface area contributed by atoms with Crippen LogP contribution >= 0.6 is 12.2 Å². The number of aryl methyl sites for hydroxylation is 2. The molecule has 0 bridgehead atoms. The minimum Gasteiger partial charge on any atom is -0.389 e. The zero-order chi connectivity index (χ0) is 15.6. The van der Waals surface area contributed by atoms with Gasteiger partial charge in [-0.05, 0) is 37.1 Å². The Balaban J connectivity index is 2.47. The first-order valence-electron chi connectivity index (χ1n) is 6.30. The van der Waals surface area contributed by atoms with Gasteiger partial charge in [-0.2, -0.15) is 0 Å². The average molecular weight is 320 g/mol. The number of nitrogens with two attached hydrogens (primary N) is 1. The van der Waals surface area contributed by atoms with E-state index in [4.69, 9.17) is 18.0 Å². The van der Waals surface area contributed by atoms with Crippen LogP contribution in [0.15, 0.2) is 47.4 Å². The van der Waals surface area contributed by atoms with Crippen molar-refractivity contribution < 1.29 is 8.42 Å². The van der Waals surface area contributed by atoms with Gasteiger partial charge in [-0.15, -0.1) is 0 Å². The first kappa shape index (κ1) is 15.5. The molecule has 0 saturated heterocycles. The third kappa shape index (κ3) is 3.40. The molecule has 0 aliphatic carbocycles. The number of rotatable bonds is 4. The van der Waals surface area contributed by atoms with Crippen molar-refractivity contribution in [2.45, 2.75) is 18.7 Å². The fraction of sp³-hybridized carbons (Fsp3) is 0.133. The van der Waals surface area contributed by atoms with E-state index in [2.05, 4.69) is 4.72 Å². The van der Waals surface area contributed by atoms with Gasteiger partial charge in [0.2, 0.25) is 0 Å². The van der Waals surface area contributed by atoms with Gasteiger partial charge in [-0.25, -0.2) is 8.42 Å². The minimum absolute atomic E-state index is 0.169. The van der Waals surface area contributed by atoms with Crippen LogP contribution in [0.5, 0.6) is 0 Å². The molecule has 0 saturated carbocycles. The average Bonchev–Trinajstić information content (AvgIpc) is 2.41. The van der Waals surface area contributed by atoms with Gasteiger partial charge < -0.3 is 5.73 Å². The number of para-hydroxylation sites is 1. The van der Waals surface area contributed by atoms with Crippen molar-refractivity contribution >= 4 is 32.9 Å². The number of thiocarbonyl (C=S) groups is 1. The second-order valence-electron chi connectivity index (χ2n) is 4.76. The van der Waals surface area contributed by atoms with E-state index in [9.17, 15) is 8.42 Å². The molecule has 0 unspecified atom stereocenters. The molecule has 2 rings (SSSR count). The summed E-state index contributed by atoms with van der Waals surface area (Å²) in [5.74, 6) is 0. The molecule has 2 aromatic carbocycles. The highest BCUT2D eigenvalue weighted by Gasteiger charge is 2.18. The van der Waals surface area contributed by atoms with Crippen LogP contribution in [0.25, 0.3) is 0 Å². The lowest BCUT2D eigenvalue weighted by molar-refractivity contribution is 0.600. The van der Waals surface area contributed by atoms with E-state index < -0.39 is 10.0 Å². The van der Waals surface area contributed by atoms with E-state index in [1.807, 2.05) is 19.1 Å². The van der Waals surface area contributed by atoms with Crippen LogP contribution in [-0.2, 0) is 10.0 Å². The summed E-state index contributed by atoms with van der Waals surface area (Å²) in [6.07, 6.45) is 0. The molecule has 0 aromatic heterocycles. The molecule has 0 aliphatic heterocycles. The van der Waals surface area contributed by atoms with Crippen LogP contribution in [0.3, 0.4) is 0 Å². The highest BCUT2D eigenvalue weighted by atomic mass is 32.2. The van der Waals surface area contributed by atoms with E-state index >= 15 is 0 Å². The molecule has 0 spiro atoms. The summed E-state index contributed by atoms with van der Waals surface area (Å²) >= 11 is 4.90. The Morgan fingerprint density at radius 2 is 1.76 bits per heavy atom. The standard InChI is InChI=1S/C15H16N2O2S2/c1-10-5-3-4-6-13(10)17-21(18,19)14-9-12(15(16)20)8-7-11(14)2/h3-9,17H,1-2H3,(H2,16,20). The first-order valence-corrected chi connectivity index (χ1v) is 8.19. The Morgan fingerprint density at radius 3 is 2.38 bits per heavy atom. The van der Waals surface area contributed by atoms with Crippen LogP contribution < -0.4 is 10.5 Å². The van der Waals surface area contributed by atoms with Gasteiger partial charge in [0.15, 0.2) is 0 Å². The summed E-state index contributed by atoms with van der Waals surface area (Å²) < 4.78 is 27.7. The molecule has 4 nitrogen and oxygen atoms in total. The lowest BCUT2D eigenvalue weighted by atomic mass is 10.1. The summed E-state index contributed by atoms with van der Waals surface area (Å²) in [7, 11) is -3.69. The highest BCUT2D eigenvalue weighted by molar-refractivity contribution is 7.92. The van der Waals surface area contributed by atoms with E-state index in [-0.39, 0.29) is 9.88 Å². The maximum absolute atomic E-state index is 12.6. The fourth-order valence-electron chi connectivity index (χ4n) is 1.93. The third-order valence-corrected chi connectivity index (χ3v) is 4.89. The Hall–Kier alpha value is -1.92. The molecule has 110 valence electrons. The lowest BCUT2D eigenvalue weighted by Gasteiger charge is -2.13. The SMILES string of the molecule is Cc1ccccc1NS(=O)(=O)c1cc(C(N)=S)ccc1C. The lowest BCUT2D eigenvalue weighted by Crippen LogP contribution is -2.17. The van der Waals surface area contributed by atoms with E-state index in [1.165, 1.54) is 6.07 Å². The Labute approximate surface area is 130 Å². The van der Waals surface area contributed by atoms with Crippen LogP contribution in [0.2, 0.25) is 0 Å². The van der Waals surface area contributed by atoms with E-state index in [0.717, 1.165) is 5.56 Å². The van der Waals surface area contributed by atoms with Crippen molar-refractivity contribution in [3.8, 4) is 0 Å². The monoisotopic (exact) mass is 320 g/mol. The summed E-state index contributed by atoms with van der Waals surface area (Å²) in [4.78, 5) is 0.346. The molecule has 2 aromatic rings. The molecule has 6 heteroatoms. The summed E-state index contributed by atoms with van der Waals surface area (Å²) in [6, 6.07) is 12.1. The van der Waals surface area contributed by atoms with Gasteiger partial charge >= 0.3 is 0 Å². The largest absolute Gasteiger partial charge is 0.389 e. The molecule has 0 fully saturated rings. The van der Waals surface area contributed by atoms with Gasteiger partial charge in [0.1, 0.15) is 4.99 Å². The Morgan fingerprint density at radius 1 is 1.10 bits per heavy atom. The van der Waals surface area contributed by atoms with Crippen LogP contribution in [-0.4, -0.2) is 13.4 Å². The zero-order valence-electron chi connectivity index (χ0n) is 11.8. The molecule has 0 atom stereocenters. The van der Waals surface area contributed by atoms with Crippen LogP contribution in [0, 0.1) is 13.8 Å². The number of hydrogen-bond donors (Lipinski definition) is 2. The molecule has 0 heterocycles. The number of anilines is 1. The predicted molar refractivity (Wildman–Crippen MR) is 89.1 cm³/mol. The number of sulfonamides is 1. The maximum Gasteiger partial charge on any atom is 0.262 e. The van der Waals surface area contributed by atoms with Crippen LogP contribution in [0.1, 0.15) is 16.7 Å². The zero-order valence-corrected chi connectivity index (χ0v) is 13.4. The van der Waals surface area contributed by atoms with Crippen molar-refractivity contribution in [1.82, 2.24) is 0 Å². The molecular formula is C15H16N2O2S2. The van der Waals surface area contributed by atoms with Crippen molar-refractivity contribution in [2.75, 3.05) is 4.72 Å². The second-order valence-corrected chi connectivity index (χ2v) is 6.86. The van der Waals surface area contributed by atoms with Gasteiger partial charge in [0, 0.05) is 5.56 Å². The molecule has 3 N–H and O–H groups in total. The normalized spacial score (nSPS) is 11.1. The topological polar surface area (TPSA) is 72.2 Å². The molecule has 0 aliphatic rings. The van der Waals surface area contributed by atoms with Crippen molar-refractivity contribution in [3.63, 3.8) is 0 Å². The molecule has 0 amide bonds. The fourth-order valence-corrected chi connectivity index (χ4v) is 3.46. The van der Waals surface area contributed by atoms with Crippen molar-refractivity contribution in [1.29, 1.82) is 0 Å². The summed E-state index contributed by atoms with van der Waals surface area (Å²) in [6.45, 7) is 3.58. The van der Waals surface area contributed by atoms with E-state index in [1.54, 1.807) is 31.2 Å². The van der Waals surface area contributed by atoms with Gasteiger partial charge in [0.05, 0.1) is 10.6 Å². The minimum atomic E-state index is -3.69. The summed E-state index contributed by atoms with van der Waals surface area (Å²) in [5.41, 5.74) is 8.14. The maximum atomic E-state index is 12.6. The van der Waals surface area contributed by atoms with Gasteiger partial charge in [0.25, 0.3) is 10.0 Å². The highest BCUT2D eigenvalue weighted by Crippen LogP contribution is 2.22. The van der Waals surface area contributed by atoms with Gasteiger partial charge in [-0.1, -0.05) is 42.5 Å². The number of benzene rings is 2. The van der Waals surface area contributed by atoms with Crippen molar-refractivity contribution in [3.05, 3.63) is 59.2 Å². The Kier molecular flexibility index (Phi) is 4.29. The quantitative estimate of drug-likeness (QED) is 0.850. The van der Waals surface area contributed by atoms with E-state index in [0.29, 0.717) is 16.8 Å². The summed E-state index contributed by atoms with van der Waals surface area (Å²) in [5, 5.41) is 0. The van der Waals surface area contributed by atoms with Crippen LogP contribution in [0.4, 0.5) is 5.69 Å². The first-order chi connectivity index (χ1) is 9.81. The Bertz CT molecular complexity index is 799. The van der Waals surface area contributed by atoms with Gasteiger partial charge in [-0.3, -0.25) is 4.72 Å². The predicted octanol–water partition coefficient (Wildman–Crippen LogP) is 2.74. The second kappa shape index (κ2) is 5.83. The third-order valence-electron chi connectivity index (χ3n) is 3.15. The van der Waals surface area contributed by atoms with Crippen molar-refractivity contribution in [2.24, 2.45) is 5.73 Å². The smallest absolute Gasteiger partial charge is 0.262 e. The molecular weight excluding hydrogens is 304 g/mol. The molecule has 0 radical (unpaired) electrons.